The van der Waals surface area contributed by atoms with Crippen LogP contribution in [0.4, 0.5) is 11.6 Å². The summed E-state index contributed by atoms with van der Waals surface area (Å²) in [5.74, 6) is 0.744. The average Bonchev–Trinajstić information content (AvgIpc) is 3.20. The Hall–Kier alpha value is -3.16. The molecule has 29 heavy (non-hydrogen) atoms. The minimum atomic E-state index is -0.461. The van der Waals surface area contributed by atoms with Gasteiger partial charge in [0.2, 0.25) is 11.6 Å². The van der Waals surface area contributed by atoms with E-state index in [9.17, 15) is 9.59 Å². The zero-order valence-corrected chi connectivity index (χ0v) is 16.6. The lowest BCUT2D eigenvalue weighted by molar-refractivity contribution is 0.0945. The number of carbonyl (C=O) groups excluding carboxylic acids is 1. The molecule has 0 fully saturated rings. The fraction of sp³-hybridized carbons (Fsp3) is 0.429. The molecule has 2 heterocycles. The van der Waals surface area contributed by atoms with E-state index in [0.717, 1.165) is 30.7 Å². The Kier molecular flexibility index (Phi) is 5.59. The molecule has 0 radical (unpaired) electrons. The van der Waals surface area contributed by atoms with E-state index >= 15 is 0 Å². The molecule has 2 aliphatic rings. The molecule has 0 unspecified atom stereocenters. The first-order valence-corrected chi connectivity index (χ1v) is 10.0. The van der Waals surface area contributed by atoms with Crippen LogP contribution in [0, 0.1) is 0 Å². The van der Waals surface area contributed by atoms with Crippen LogP contribution in [0.5, 0.6) is 5.75 Å². The first kappa shape index (κ1) is 19.2. The standard InChI is InChI=1S/C21H25N5O3/c1-29-17-9-7-16(8-10-17)25-13-14-26-20(28)18(23-24-21(25)26)19(27)22-12-11-15-5-3-2-4-6-15/h5,7-10H,2-4,6,11-14H2,1H3,(H,22,27). The van der Waals surface area contributed by atoms with Crippen LogP contribution in [-0.2, 0) is 6.54 Å². The first-order valence-electron chi connectivity index (χ1n) is 10.0. The molecule has 8 nitrogen and oxygen atoms in total. The van der Waals surface area contributed by atoms with Crippen molar-refractivity contribution in [2.24, 2.45) is 0 Å². The predicted octanol–water partition coefficient (Wildman–Crippen LogP) is 2.42. The third-order valence-corrected chi connectivity index (χ3v) is 5.43. The second-order valence-electron chi connectivity index (χ2n) is 7.27. The fourth-order valence-electron chi connectivity index (χ4n) is 3.81. The van der Waals surface area contributed by atoms with Crippen molar-refractivity contribution in [1.29, 1.82) is 0 Å². The number of rotatable bonds is 6. The number of aromatic nitrogens is 3. The SMILES string of the molecule is COc1ccc(N2CCn3c2nnc(C(=O)NCCC2=CCCCC2)c3=O)cc1. The van der Waals surface area contributed by atoms with Crippen molar-refractivity contribution < 1.29 is 9.53 Å². The van der Waals surface area contributed by atoms with Crippen LogP contribution in [0.25, 0.3) is 0 Å². The highest BCUT2D eigenvalue weighted by molar-refractivity contribution is 5.91. The highest BCUT2D eigenvalue weighted by atomic mass is 16.5. The van der Waals surface area contributed by atoms with Gasteiger partial charge in [0.05, 0.1) is 7.11 Å². The molecule has 1 amide bonds. The number of nitrogens with zero attached hydrogens (tertiary/aromatic N) is 4. The van der Waals surface area contributed by atoms with Crippen molar-refractivity contribution in [2.45, 2.75) is 38.6 Å². The second-order valence-corrected chi connectivity index (χ2v) is 7.27. The molecule has 0 saturated carbocycles. The van der Waals surface area contributed by atoms with Crippen LogP contribution in [0.2, 0.25) is 0 Å². The molecule has 1 aromatic carbocycles. The molecule has 1 N–H and O–H groups in total. The number of nitrogens with one attached hydrogen (secondary N) is 1. The first-order chi connectivity index (χ1) is 14.2. The van der Waals surface area contributed by atoms with Crippen molar-refractivity contribution in [1.82, 2.24) is 20.1 Å². The number of anilines is 2. The molecule has 0 atom stereocenters. The fourth-order valence-corrected chi connectivity index (χ4v) is 3.81. The molecule has 8 heteroatoms. The lowest BCUT2D eigenvalue weighted by Gasteiger charge is -2.17. The summed E-state index contributed by atoms with van der Waals surface area (Å²) in [6, 6.07) is 7.52. The van der Waals surface area contributed by atoms with Gasteiger partial charge in [-0.2, -0.15) is 0 Å². The quantitative estimate of drug-likeness (QED) is 0.756. The lowest BCUT2D eigenvalue weighted by Crippen LogP contribution is -2.35. The van der Waals surface area contributed by atoms with E-state index in [2.05, 4.69) is 21.6 Å². The Balaban J connectivity index is 1.46. The van der Waals surface area contributed by atoms with Gasteiger partial charge in [-0.1, -0.05) is 11.6 Å². The van der Waals surface area contributed by atoms with Gasteiger partial charge in [0, 0.05) is 25.3 Å². The molecule has 1 aliphatic heterocycles. The Labute approximate surface area is 169 Å². The second kappa shape index (κ2) is 8.46. The van der Waals surface area contributed by atoms with E-state index in [4.69, 9.17) is 4.74 Å². The number of amides is 1. The van der Waals surface area contributed by atoms with Gasteiger partial charge in [-0.05, 0) is 56.4 Å². The maximum Gasteiger partial charge on any atom is 0.286 e. The summed E-state index contributed by atoms with van der Waals surface area (Å²) in [6.07, 6.45) is 7.74. The number of carbonyl (C=O) groups is 1. The molecule has 4 rings (SSSR count). The maximum atomic E-state index is 12.8. The molecule has 2 aromatic rings. The number of methoxy groups -OCH3 is 1. The van der Waals surface area contributed by atoms with Gasteiger partial charge in [0.15, 0.2) is 0 Å². The average molecular weight is 395 g/mol. The van der Waals surface area contributed by atoms with Gasteiger partial charge in [-0.3, -0.25) is 14.2 Å². The number of allylic oxidation sites excluding steroid dienone is 1. The van der Waals surface area contributed by atoms with E-state index < -0.39 is 11.5 Å². The number of fused-ring (bicyclic) bond motifs is 1. The zero-order valence-electron chi connectivity index (χ0n) is 16.6. The summed E-state index contributed by atoms with van der Waals surface area (Å²) in [6.45, 7) is 1.56. The highest BCUT2D eigenvalue weighted by Crippen LogP contribution is 2.28. The molecular formula is C21H25N5O3. The largest absolute Gasteiger partial charge is 0.497 e. The third kappa shape index (κ3) is 4.01. The van der Waals surface area contributed by atoms with Crippen molar-refractivity contribution >= 4 is 17.5 Å². The molecule has 0 saturated heterocycles. The molecular weight excluding hydrogens is 370 g/mol. The summed E-state index contributed by atoms with van der Waals surface area (Å²) in [5.41, 5.74) is 1.72. The Morgan fingerprint density at radius 1 is 1.17 bits per heavy atom. The highest BCUT2D eigenvalue weighted by Gasteiger charge is 2.27. The predicted molar refractivity (Wildman–Crippen MR) is 110 cm³/mol. The monoisotopic (exact) mass is 395 g/mol. The van der Waals surface area contributed by atoms with Gasteiger partial charge in [-0.15, -0.1) is 10.2 Å². The Bertz CT molecular complexity index is 981. The number of benzene rings is 1. The minimum absolute atomic E-state index is 0.150. The molecule has 1 aliphatic carbocycles. The van der Waals surface area contributed by atoms with Gasteiger partial charge in [0.25, 0.3) is 11.5 Å². The van der Waals surface area contributed by atoms with Crippen LogP contribution in [0.1, 0.15) is 42.6 Å². The third-order valence-electron chi connectivity index (χ3n) is 5.43. The van der Waals surface area contributed by atoms with Gasteiger partial charge in [-0.25, -0.2) is 0 Å². The van der Waals surface area contributed by atoms with E-state index in [-0.39, 0.29) is 5.69 Å². The molecule has 0 bridgehead atoms. The Morgan fingerprint density at radius 3 is 2.72 bits per heavy atom. The summed E-state index contributed by atoms with van der Waals surface area (Å²) in [5, 5.41) is 10.9. The van der Waals surface area contributed by atoms with Crippen LogP contribution >= 0.6 is 0 Å². The van der Waals surface area contributed by atoms with Crippen LogP contribution in [0.3, 0.4) is 0 Å². The van der Waals surface area contributed by atoms with E-state index in [1.807, 2.05) is 29.2 Å². The van der Waals surface area contributed by atoms with Gasteiger partial charge >= 0.3 is 0 Å². The lowest BCUT2D eigenvalue weighted by atomic mass is 9.97. The van der Waals surface area contributed by atoms with Gasteiger partial charge in [0.1, 0.15) is 5.75 Å². The summed E-state index contributed by atoms with van der Waals surface area (Å²) in [7, 11) is 1.61. The van der Waals surface area contributed by atoms with Crippen molar-refractivity contribution in [3.63, 3.8) is 0 Å². The van der Waals surface area contributed by atoms with Crippen molar-refractivity contribution in [3.05, 3.63) is 52.0 Å². The van der Waals surface area contributed by atoms with E-state index in [1.165, 1.54) is 23.0 Å². The molecule has 152 valence electrons. The van der Waals surface area contributed by atoms with Crippen LogP contribution in [0.15, 0.2) is 40.7 Å². The van der Waals surface area contributed by atoms with Crippen LogP contribution in [-0.4, -0.2) is 40.9 Å². The van der Waals surface area contributed by atoms with Crippen LogP contribution < -0.4 is 20.5 Å². The van der Waals surface area contributed by atoms with E-state index in [0.29, 0.717) is 25.6 Å². The minimum Gasteiger partial charge on any atom is -0.497 e. The van der Waals surface area contributed by atoms with Crippen molar-refractivity contribution in [3.8, 4) is 5.75 Å². The zero-order chi connectivity index (χ0) is 20.2. The number of ether oxygens (including phenoxy) is 1. The Morgan fingerprint density at radius 2 is 2.00 bits per heavy atom. The smallest absolute Gasteiger partial charge is 0.286 e. The normalized spacial score (nSPS) is 15.6. The number of hydrogen-bond acceptors (Lipinski definition) is 6. The molecule has 1 aromatic heterocycles. The summed E-state index contributed by atoms with van der Waals surface area (Å²) < 4.78 is 6.69. The van der Waals surface area contributed by atoms with E-state index in [1.54, 1.807) is 7.11 Å². The topological polar surface area (TPSA) is 89.3 Å². The number of hydrogen-bond donors (Lipinski definition) is 1. The summed E-state index contributed by atoms with van der Waals surface area (Å²) in [4.78, 5) is 27.1. The maximum absolute atomic E-state index is 12.8. The van der Waals surface area contributed by atoms with Gasteiger partial charge < -0.3 is 15.0 Å². The molecule has 0 spiro atoms. The summed E-state index contributed by atoms with van der Waals surface area (Å²) >= 11 is 0. The van der Waals surface area contributed by atoms with Crippen molar-refractivity contribution in [2.75, 3.05) is 25.1 Å².